The van der Waals surface area contributed by atoms with Gasteiger partial charge in [-0.1, -0.05) is 24.1 Å². The van der Waals surface area contributed by atoms with Crippen molar-refractivity contribution in [1.82, 2.24) is 0 Å². The van der Waals surface area contributed by atoms with E-state index in [1.165, 1.54) is 0 Å². The van der Waals surface area contributed by atoms with Crippen molar-refractivity contribution in [2.24, 2.45) is 10.9 Å². The number of allylic oxidation sites excluding steroid dienone is 1. The van der Waals surface area contributed by atoms with Gasteiger partial charge >= 0.3 is 0 Å². The zero-order valence-electron chi connectivity index (χ0n) is 13.2. The molecule has 21 heavy (non-hydrogen) atoms. The van der Waals surface area contributed by atoms with Crippen LogP contribution in [0.15, 0.2) is 35.3 Å². The molecule has 0 atom stereocenters. The molecule has 0 bridgehead atoms. The third-order valence-corrected chi connectivity index (χ3v) is 3.24. The van der Waals surface area contributed by atoms with Gasteiger partial charge in [-0.15, -0.1) is 6.42 Å². The van der Waals surface area contributed by atoms with Crippen LogP contribution in [0.5, 0.6) is 0 Å². The Morgan fingerprint density at radius 1 is 1.24 bits per heavy atom. The van der Waals surface area contributed by atoms with Crippen LogP contribution in [0.1, 0.15) is 25.0 Å². The van der Waals surface area contributed by atoms with Crippen molar-refractivity contribution < 1.29 is 9.47 Å². The van der Waals surface area contributed by atoms with Gasteiger partial charge in [-0.25, -0.2) is 0 Å². The third kappa shape index (κ3) is 5.18. The Morgan fingerprint density at radius 3 is 2.24 bits per heavy atom. The van der Waals surface area contributed by atoms with Crippen LogP contribution >= 0.6 is 0 Å². The summed E-state index contributed by atoms with van der Waals surface area (Å²) in [7, 11) is 3.37. The molecule has 0 saturated heterocycles. The molecule has 0 spiro atoms. The van der Waals surface area contributed by atoms with Crippen molar-refractivity contribution in [1.29, 1.82) is 0 Å². The molecule has 0 radical (unpaired) electrons. The third-order valence-electron chi connectivity index (χ3n) is 3.24. The summed E-state index contributed by atoms with van der Waals surface area (Å²) >= 11 is 0. The SMILES string of the molecule is C#Cc1ccc(/C(=C/C)N=C(C)C(COC)COC)cc1. The first-order chi connectivity index (χ1) is 10.2. The minimum atomic E-state index is 0.153. The van der Waals surface area contributed by atoms with E-state index in [2.05, 4.69) is 5.92 Å². The van der Waals surface area contributed by atoms with E-state index in [1.54, 1.807) is 14.2 Å². The molecule has 3 heteroatoms. The molecule has 0 N–H and O–H groups in total. The molecule has 3 nitrogen and oxygen atoms in total. The molecule has 0 aliphatic rings. The second-order valence-electron chi connectivity index (χ2n) is 4.76. The normalized spacial score (nSPS) is 12.6. The lowest BCUT2D eigenvalue weighted by molar-refractivity contribution is 0.113. The number of methoxy groups -OCH3 is 2. The topological polar surface area (TPSA) is 30.8 Å². The molecule has 0 unspecified atom stereocenters. The highest BCUT2D eigenvalue weighted by atomic mass is 16.5. The molecular weight excluding hydrogens is 262 g/mol. The zero-order valence-corrected chi connectivity index (χ0v) is 13.2. The van der Waals surface area contributed by atoms with E-state index in [9.17, 15) is 0 Å². The first-order valence-electron chi connectivity index (χ1n) is 6.92. The van der Waals surface area contributed by atoms with Gasteiger partial charge in [0.2, 0.25) is 0 Å². The molecule has 0 heterocycles. The summed E-state index contributed by atoms with van der Waals surface area (Å²) in [5.74, 6) is 2.77. The first kappa shape index (κ1) is 17.2. The smallest absolute Gasteiger partial charge is 0.0658 e. The molecule has 112 valence electrons. The maximum absolute atomic E-state index is 5.38. The number of aliphatic imine (C=N–C) groups is 1. The van der Waals surface area contributed by atoms with Crippen molar-refractivity contribution in [2.75, 3.05) is 27.4 Å². The molecule has 0 aliphatic heterocycles. The Kier molecular flexibility index (Phi) is 7.45. The van der Waals surface area contributed by atoms with Gasteiger partial charge in [0, 0.05) is 31.4 Å². The van der Waals surface area contributed by atoms with Crippen LogP contribution in [0.4, 0.5) is 0 Å². The van der Waals surface area contributed by atoms with E-state index >= 15 is 0 Å². The molecule has 0 aliphatic carbocycles. The largest absolute Gasteiger partial charge is 0.384 e. The first-order valence-corrected chi connectivity index (χ1v) is 6.92. The molecule has 1 rings (SSSR count). The maximum Gasteiger partial charge on any atom is 0.0658 e. The highest BCUT2D eigenvalue weighted by Gasteiger charge is 2.12. The van der Waals surface area contributed by atoms with E-state index in [4.69, 9.17) is 20.9 Å². The fourth-order valence-electron chi connectivity index (χ4n) is 2.01. The Bertz CT molecular complexity index is 529. The van der Waals surface area contributed by atoms with Crippen LogP contribution in [0, 0.1) is 18.3 Å². The Labute approximate surface area is 127 Å². The molecule has 1 aromatic rings. The van der Waals surface area contributed by atoms with E-state index in [-0.39, 0.29) is 5.92 Å². The highest BCUT2D eigenvalue weighted by molar-refractivity contribution is 5.90. The number of benzene rings is 1. The summed E-state index contributed by atoms with van der Waals surface area (Å²) in [4.78, 5) is 4.72. The van der Waals surface area contributed by atoms with Crippen LogP contribution in [-0.4, -0.2) is 33.1 Å². The summed E-state index contributed by atoms with van der Waals surface area (Å²) in [6.07, 6.45) is 7.37. The summed E-state index contributed by atoms with van der Waals surface area (Å²) in [5.41, 5.74) is 3.83. The Morgan fingerprint density at radius 2 is 1.81 bits per heavy atom. The summed E-state index contributed by atoms with van der Waals surface area (Å²) < 4.78 is 10.5. The van der Waals surface area contributed by atoms with Gasteiger partial charge in [0.05, 0.1) is 18.9 Å². The van der Waals surface area contributed by atoms with Gasteiger partial charge in [0.25, 0.3) is 0 Å². The van der Waals surface area contributed by atoms with E-state index < -0.39 is 0 Å². The van der Waals surface area contributed by atoms with Crippen molar-refractivity contribution >= 4 is 11.4 Å². The van der Waals surface area contributed by atoms with Crippen molar-refractivity contribution in [3.05, 3.63) is 41.5 Å². The van der Waals surface area contributed by atoms with Crippen LogP contribution in [0.25, 0.3) is 5.70 Å². The number of terminal acetylenes is 1. The highest BCUT2D eigenvalue weighted by Crippen LogP contribution is 2.18. The van der Waals surface area contributed by atoms with Gasteiger partial charge in [0.15, 0.2) is 0 Å². The minimum Gasteiger partial charge on any atom is -0.384 e. The number of ether oxygens (including phenoxy) is 2. The van der Waals surface area contributed by atoms with Gasteiger partial charge in [-0.3, -0.25) is 4.99 Å². The fraction of sp³-hybridized carbons (Fsp3) is 0.389. The van der Waals surface area contributed by atoms with E-state index in [1.807, 2.05) is 44.2 Å². The van der Waals surface area contributed by atoms with Crippen molar-refractivity contribution in [3.63, 3.8) is 0 Å². The minimum absolute atomic E-state index is 0.153. The van der Waals surface area contributed by atoms with Gasteiger partial charge < -0.3 is 9.47 Å². The average Bonchev–Trinajstić information content (AvgIpc) is 2.52. The average molecular weight is 285 g/mol. The predicted octanol–water partition coefficient (Wildman–Crippen LogP) is 3.40. The summed E-state index contributed by atoms with van der Waals surface area (Å²) in [5, 5.41) is 0. The number of nitrogens with zero attached hydrogens (tertiary/aromatic N) is 1. The second kappa shape index (κ2) is 9.12. The van der Waals surface area contributed by atoms with Crippen LogP contribution < -0.4 is 0 Å². The predicted molar refractivity (Wildman–Crippen MR) is 88.4 cm³/mol. The fourth-order valence-corrected chi connectivity index (χ4v) is 2.01. The van der Waals surface area contributed by atoms with E-state index in [0.29, 0.717) is 13.2 Å². The second-order valence-corrected chi connectivity index (χ2v) is 4.76. The van der Waals surface area contributed by atoms with Crippen LogP contribution in [0.3, 0.4) is 0 Å². The molecule has 1 aromatic carbocycles. The molecule has 0 saturated carbocycles. The van der Waals surface area contributed by atoms with Gasteiger partial charge in [0.1, 0.15) is 0 Å². The lowest BCUT2D eigenvalue weighted by atomic mass is 10.1. The molecular formula is C18H23NO2. The summed E-state index contributed by atoms with van der Waals surface area (Å²) in [6, 6.07) is 7.82. The zero-order chi connectivity index (χ0) is 15.7. The quantitative estimate of drug-likeness (QED) is 0.568. The van der Waals surface area contributed by atoms with Crippen LogP contribution in [0.2, 0.25) is 0 Å². The monoisotopic (exact) mass is 285 g/mol. The van der Waals surface area contributed by atoms with Crippen molar-refractivity contribution in [2.45, 2.75) is 13.8 Å². The molecule has 0 aromatic heterocycles. The lowest BCUT2D eigenvalue weighted by Crippen LogP contribution is -2.22. The van der Waals surface area contributed by atoms with Crippen LogP contribution in [-0.2, 0) is 9.47 Å². The number of hydrogen-bond acceptors (Lipinski definition) is 3. The lowest BCUT2D eigenvalue weighted by Gasteiger charge is -2.15. The van der Waals surface area contributed by atoms with Gasteiger partial charge in [-0.05, 0) is 31.5 Å². The molecule has 0 amide bonds. The standard InChI is InChI=1S/C18H23NO2/c1-6-15-8-10-16(11-9-15)18(7-2)19-14(3)17(12-20-4)13-21-5/h1,7-11,17H,12-13H2,2-5H3/b18-7-,19-14?. The molecule has 0 fully saturated rings. The van der Waals surface area contributed by atoms with E-state index in [0.717, 1.165) is 22.5 Å². The van der Waals surface area contributed by atoms with Crippen molar-refractivity contribution in [3.8, 4) is 12.3 Å². The Hall–Kier alpha value is -1.89. The van der Waals surface area contributed by atoms with Gasteiger partial charge in [-0.2, -0.15) is 0 Å². The maximum atomic E-state index is 5.38. The number of hydrogen-bond donors (Lipinski definition) is 0. The summed E-state index contributed by atoms with van der Waals surface area (Å²) in [6.45, 7) is 5.16. The number of rotatable bonds is 7. The Balaban J connectivity index is 2.98.